The van der Waals surface area contributed by atoms with Crippen molar-refractivity contribution in [3.8, 4) is 45.9 Å². The van der Waals surface area contributed by atoms with Crippen LogP contribution in [-0.4, -0.2) is 29.1 Å². The Labute approximate surface area is 341 Å². The van der Waals surface area contributed by atoms with Gasteiger partial charge in [0, 0.05) is 54.7 Å². The maximum atomic E-state index is 6.34. The molecule has 5 aromatic heterocycles. The summed E-state index contributed by atoms with van der Waals surface area (Å²) < 4.78 is 17.2. The number of benzene rings is 8. The van der Waals surface area contributed by atoms with E-state index in [1.165, 1.54) is 0 Å². The van der Waals surface area contributed by atoms with Crippen LogP contribution >= 0.6 is 0 Å². The summed E-state index contributed by atoms with van der Waals surface area (Å²) in [4.78, 5) is 20.6. The molecule has 0 N–H and O–H groups in total. The third-order valence-electron chi connectivity index (χ3n) is 11.6. The lowest BCUT2D eigenvalue weighted by Crippen LogP contribution is -2.07. The number of aromatic nitrogens is 6. The molecule has 60 heavy (non-hydrogen) atoms. The molecule has 0 saturated carbocycles. The van der Waals surface area contributed by atoms with E-state index in [-0.39, 0.29) is 0 Å². The summed E-state index contributed by atoms with van der Waals surface area (Å²) in [5.41, 5.74) is 10.9. The third kappa shape index (κ3) is 4.85. The zero-order valence-corrected chi connectivity index (χ0v) is 31.8. The van der Waals surface area contributed by atoms with E-state index in [0.29, 0.717) is 23.5 Å². The molecule has 0 aliphatic rings. The average molecular weight is 771 g/mol. The second-order valence-electron chi connectivity index (χ2n) is 15.1. The van der Waals surface area contributed by atoms with Crippen LogP contribution in [0, 0.1) is 0 Å². The van der Waals surface area contributed by atoms with Gasteiger partial charge in [0.15, 0.2) is 17.2 Å². The smallest absolute Gasteiger partial charge is 0.238 e. The van der Waals surface area contributed by atoms with E-state index >= 15 is 0 Å². The van der Waals surface area contributed by atoms with Crippen molar-refractivity contribution in [2.24, 2.45) is 0 Å². The number of nitrogens with zero attached hydrogens (tertiary/aromatic N) is 6. The van der Waals surface area contributed by atoms with Crippen LogP contribution in [0.3, 0.4) is 0 Å². The molecule has 0 radical (unpaired) electrons. The van der Waals surface area contributed by atoms with Crippen molar-refractivity contribution in [2.75, 3.05) is 0 Å². The molecule has 13 aromatic rings. The summed E-state index contributed by atoms with van der Waals surface area (Å²) in [6, 6.07) is 62.3. The molecule has 0 amide bonds. The van der Waals surface area contributed by atoms with Crippen LogP contribution in [0.25, 0.3) is 123 Å². The fourth-order valence-electron chi connectivity index (χ4n) is 8.93. The summed E-state index contributed by atoms with van der Waals surface area (Å²) in [5.74, 6) is 2.21. The Morgan fingerprint density at radius 1 is 0.350 bits per heavy atom. The highest BCUT2D eigenvalue weighted by Crippen LogP contribution is 2.42. The largest absolute Gasteiger partial charge is 0.456 e. The number of oxazole rings is 1. The standard InChI is InChI=1S/C52H30N6O2/c1-2-13-31(14-3-1)49-54-50(32-25-26-38-37-19-6-10-23-44(37)59-46(38)30-32)56-52(55-49)58-43-22-9-5-18-36(43)40-28-27-39-35-17-4-8-21-42(35)57(47(39)48(40)58)34-16-12-15-33(29-34)51-53-41-20-7-11-24-45(41)60-51/h1-30H. The van der Waals surface area contributed by atoms with Gasteiger partial charge in [-0.1, -0.05) is 121 Å². The lowest BCUT2D eigenvalue weighted by molar-refractivity contribution is 0.620. The van der Waals surface area contributed by atoms with E-state index in [4.69, 9.17) is 28.8 Å². The molecule has 0 aliphatic heterocycles. The van der Waals surface area contributed by atoms with Gasteiger partial charge in [-0.25, -0.2) is 9.97 Å². The highest BCUT2D eigenvalue weighted by molar-refractivity contribution is 6.23. The van der Waals surface area contributed by atoms with Crippen LogP contribution in [0.4, 0.5) is 0 Å². The maximum absolute atomic E-state index is 6.34. The molecule has 13 rings (SSSR count). The van der Waals surface area contributed by atoms with Gasteiger partial charge in [0.05, 0.1) is 22.1 Å². The molecule has 0 spiro atoms. The lowest BCUT2D eigenvalue weighted by Gasteiger charge is -2.13. The van der Waals surface area contributed by atoms with Gasteiger partial charge in [-0.15, -0.1) is 0 Å². The molecule has 0 saturated heterocycles. The molecule has 8 aromatic carbocycles. The summed E-state index contributed by atoms with van der Waals surface area (Å²) in [6.45, 7) is 0. The minimum atomic E-state index is 0.513. The molecular formula is C52H30N6O2. The van der Waals surface area contributed by atoms with Gasteiger partial charge in [-0.3, -0.25) is 4.57 Å². The minimum absolute atomic E-state index is 0.513. The van der Waals surface area contributed by atoms with Crippen LogP contribution in [0.1, 0.15) is 0 Å². The van der Waals surface area contributed by atoms with Gasteiger partial charge in [0.25, 0.3) is 0 Å². The second kappa shape index (κ2) is 12.6. The predicted molar refractivity (Wildman–Crippen MR) is 240 cm³/mol. The Morgan fingerprint density at radius 2 is 0.950 bits per heavy atom. The quantitative estimate of drug-likeness (QED) is 0.173. The van der Waals surface area contributed by atoms with E-state index in [1.54, 1.807) is 0 Å². The summed E-state index contributed by atoms with van der Waals surface area (Å²) >= 11 is 0. The van der Waals surface area contributed by atoms with Gasteiger partial charge < -0.3 is 13.4 Å². The SMILES string of the molecule is c1ccc(-c2nc(-c3ccc4c(c3)oc3ccccc34)nc(-n3c4ccccc4c4ccc5c6ccccc6n(-c6cccc(-c7nc8ccccc8o7)c6)c5c43)n2)cc1. The summed E-state index contributed by atoms with van der Waals surface area (Å²) in [5, 5.41) is 6.55. The lowest BCUT2D eigenvalue weighted by atomic mass is 10.1. The Hall–Kier alpha value is -8.36. The van der Waals surface area contributed by atoms with Crippen LogP contribution in [0.5, 0.6) is 0 Å². The first-order valence-electron chi connectivity index (χ1n) is 19.9. The Balaban J connectivity index is 1.11. The molecule has 8 nitrogen and oxygen atoms in total. The number of hydrogen-bond acceptors (Lipinski definition) is 6. The van der Waals surface area contributed by atoms with Crippen molar-refractivity contribution in [3.05, 3.63) is 182 Å². The number of rotatable bonds is 5. The van der Waals surface area contributed by atoms with Gasteiger partial charge in [0.2, 0.25) is 11.8 Å². The number of para-hydroxylation sites is 5. The van der Waals surface area contributed by atoms with Gasteiger partial charge >= 0.3 is 0 Å². The van der Waals surface area contributed by atoms with Crippen LogP contribution in [0.15, 0.2) is 191 Å². The molecule has 0 aliphatic carbocycles. The Bertz CT molecular complexity index is 3820. The second-order valence-corrected chi connectivity index (χ2v) is 15.1. The van der Waals surface area contributed by atoms with Crippen LogP contribution in [-0.2, 0) is 0 Å². The van der Waals surface area contributed by atoms with Gasteiger partial charge in [0.1, 0.15) is 16.7 Å². The normalized spacial score (nSPS) is 12.0. The topological polar surface area (TPSA) is 87.7 Å². The third-order valence-corrected chi connectivity index (χ3v) is 11.6. The first-order valence-corrected chi connectivity index (χ1v) is 19.9. The molecule has 0 fully saturated rings. The molecule has 280 valence electrons. The van der Waals surface area contributed by atoms with Crippen molar-refractivity contribution in [2.45, 2.75) is 0 Å². The molecule has 0 bridgehead atoms. The van der Waals surface area contributed by atoms with Crippen molar-refractivity contribution < 1.29 is 8.83 Å². The summed E-state index contributed by atoms with van der Waals surface area (Å²) in [7, 11) is 0. The minimum Gasteiger partial charge on any atom is -0.456 e. The van der Waals surface area contributed by atoms with Crippen LogP contribution in [0.2, 0.25) is 0 Å². The highest BCUT2D eigenvalue weighted by Gasteiger charge is 2.24. The Morgan fingerprint density at radius 3 is 1.73 bits per heavy atom. The fraction of sp³-hybridized carbons (Fsp3) is 0. The van der Waals surface area contributed by atoms with E-state index < -0.39 is 0 Å². The van der Waals surface area contributed by atoms with E-state index in [9.17, 15) is 0 Å². The zero-order chi connectivity index (χ0) is 39.3. The van der Waals surface area contributed by atoms with Gasteiger partial charge in [-0.2, -0.15) is 9.97 Å². The van der Waals surface area contributed by atoms with Crippen LogP contribution < -0.4 is 0 Å². The fourth-order valence-corrected chi connectivity index (χ4v) is 8.93. The highest BCUT2D eigenvalue weighted by atomic mass is 16.3. The molecule has 5 heterocycles. The van der Waals surface area contributed by atoms with E-state index in [2.05, 4.69) is 112 Å². The van der Waals surface area contributed by atoms with Gasteiger partial charge in [-0.05, 0) is 60.7 Å². The predicted octanol–water partition coefficient (Wildman–Crippen LogP) is 13.1. The molecular weight excluding hydrogens is 741 g/mol. The summed E-state index contributed by atoms with van der Waals surface area (Å²) in [6.07, 6.45) is 0. The number of hydrogen-bond donors (Lipinski definition) is 0. The monoisotopic (exact) mass is 770 g/mol. The average Bonchev–Trinajstić information content (AvgIpc) is 4.08. The first kappa shape index (κ1) is 32.7. The number of fused-ring (bicyclic) bond motifs is 11. The van der Waals surface area contributed by atoms with Crippen molar-refractivity contribution in [1.29, 1.82) is 0 Å². The maximum Gasteiger partial charge on any atom is 0.238 e. The molecule has 8 heteroatoms. The molecule has 0 atom stereocenters. The van der Waals surface area contributed by atoms with Crippen molar-refractivity contribution in [3.63, 3.8) is 0 Å². The molecule has 0 unspecified atom stereocenters. The zero-order valence-electron chi connectivity index (χ0n) is 31.8. The van der Waals surface area contributed by atoms with E-state index in [0.717, 1.165) is 99.0 Å². The Kier molecular flexibility index (Phi) is 6.85. The van der Waals surface area contributed by atoms with Crippen molar-refractivity contribution >= 4 is 76.6 Å². The number of furan rings is 1. The first-order chi connectivity index (χ1) is 29.7. The van der Waals surface area contributed by atoms with E-state index in [1.807, 2.05) is 78.9 Å². The van der Waals surface area contributed by atoms with Crippen molar-refractivity contribution in [1.82, 2.24) is 29.1 Å².